The number of rotatable bonds is 6. The minimum absolute atomic E-state index is 0.653. The molecule has 2 aromatic rings. The highest BCUT2D eigenvalue weighted by Crippen LogP contribution is 2.18. The van der Waals surface area contributed by atoms with Gasteiger partial charge in [0.25, 0.3) is 0 Å². The van der Waals surface area contributed by atoms with Crippen LogP contribution in [0.1, 0.15) is 11.3 Å². The maximum absolute atomic E-state index is 5.58. The SMILES string of the molecule is COc1ccccc1CCn1cncc1CCN. The average Bonchev–Trinajstić information content (AvgIpc) is 2.84. The highest BCUT2D eigenvalue weighted by molar-refractivity contribution is 5.33. The van der Waals surface area contributed by atoms with Crippen molar-refractivity contribution >= 4 is 0 Å². The van der Waals surface area contributed by atoms with Crippen molar-refractivity contribution in [1.29, 1.82) is 0 Å². The molecule has 1 aromatic heterocycles. The summed E-state index contributed by atoms with van der Waals surface area (Å²) in [5, 5.41) is 0. The zero-order valence-electron chi connectivity index (χ0n) is 10.7. The second-order valence-electron chi connectivity index (χ2n) is 4.18. The van der Waals surface area contributed by atoms with Crippen LogP contribution in [0.25, 0.3) is 0 Å². The van der Waals surface area contributed by atoms with Gasteiger partial charge in [0.05, 0.1) is 13.4 Å². The average molecular weight is 245 g/mol. The number of nitrogens with two attached hydrogens (primary N) is 1. The molecule has 0 aliphatic carbocycles. The molecule has 4 nitrogen and oxygen atoms in total. The van der Waals surface area contributed by atoms with Crippen LogP contribution in [0.5, 0.6) is 5.75 Å². The maximum atomic E-state index is 5.58. The molecule has 1 aromatic carbocycles. The van der Waals surface area contributed by atoms with Gasteiger partial charge >= 0.3 is 0 Å². The number of benzene rings is 1. The highest BCUT2D eigenvalue weighted by atomic mass is 16.5. The van der Waals surface area contributed by atoms with E-state index in [2.05, 4.69) is 15.6 Å². The summed E-state index contributed by atoms with van der Waals surface area (Å²) in [6.07, 6.45) is 5.54. The fourth-order valence-corrected chi connectivity index (χ4v) is 2.06. The van der Waals surface area contributed by atoms with Crippen molar-refractivity contribution < 1.29 is 4.74 Å². The van der Waals surface area contributed by atoms with Crippen LogP contribution in [0.15, 0.2) is 36.8 Å². The first-order valence-electron chi connectivity index (χ1n) is 6.16. The predicted octanol–water partition coefficient (Wildman–Crippen LogP) is 1.64. The molecule has 96 valence electrons. The zero-order chi connectivity index (χ0) is 12.8. The van der Waals surface area contributed by atoms with Crippen LogP contribution in [0.3, 0.4) is 0 Å². The van der Waals surface area contributed by atoms with E-state index in [-0.39, 0.29) is 0 Å². The Morgan fingerprint density at radius 3 is 2.89 bits per heavy atom. The van der Waals surface area contributed by atoms with Crippen LogP contribution in [-0.4, -0.2) is 23.2 Å². The molecule has 18 heavy (non-hydrogen) atoms. The summed E-state index contributed by atoms with van der Waals surface area (Å²) in [6, 6.07) is 8.11. The molecule has 0 amide bonds. The molecule has 0 atom stereocenters. The fraction of sp³-hybridized carbons (Fsp3) is 0.357. The number of hydrogen-bond donors (Lipinski definition) is 1. The Kier molecular flexibility index (Phi) is 4.36. The van der Waals surface area contributed by atoms with Crippen LogP contribution < -0.4 is 10.5 Å². The van der Waals surface area contributed by atoms with Gasteiger partial charge in [0.1, 0.15) is 5.75 Å². The van der Waals surface area contributed by atoms with E-state index in [1.165, 1.54) is 11.3 Å². The molecule has 1 heterocycles. The topological polar surface area (TPSA) is 53.1 Å². The Labute approximate surface area is 107 Å². The normalized spacial score (nSPS) is 10.6. The summed E-state index contributed by atoms with van der Waals surface area (Å²) >= 11 is 0. The van der Waals surface area contributed by atoms with E-state index in [9.17, 15) is 0 Å². The van der Waals surface area contributed by atoms with Crippen LogP contribution in [0, 0.1) is 0 Å². The number of imidazole rings is 1. The summed E-state index contributed by atoms with van der Waals surface area (Å²) in [7, 11) is 1.70. The molecule has 0 bridgehead atoms. The van der Waals surface area contributed by atoms with E-state index in [1.54, 1.807) is 7.11 Å². The van der Waals surface area contributed by atoms with E-state index < -0.39 is 0 Å². The number of methoxy groups -OCH3 is 1. The lowest BCUT2D eigenvalue weighted by molar-refractivity contribution is 0.408. The van der Waals surface area contributed by atoms with Crippen molar-refractivity contribution in [3.63, 3.8) is 0 Å². The minimum Gasteiger partial charge on any atom is -0.496 e. The first kappa shape index (κ1) is 12.6. The lowest BCUT2D eigenvalue weighted by atomic mass is 10.1. The van der Waals surface area contributed by atoms with Gasteiger partial charge in [0, 0.05) is 24.9 Å². The summed E-state index contributed by atoms with van der Waals surface area (Å²) in [4.78, 5) is 4.17. The van der Waals surface area contributed by atoms with Gasteiger partial charge in [-0.05, 0) is 24.6 Å². The molecule has 0 saturated carbocycles. The molecule has 0 aliphatic rings. The first-order valence-corrected chi connectivity index (χ1v) is 6.16. The van der Waals surface area contributed by atoms with Crippen LogP contribution in [0.4, 0.5) is 0 Å². The van der Waals surface area contributed by atoms with Gasteiger partial charge in [0.2, 0.25) is 0 Å². The van der Waals surface area contributed by atoms with E-state index in [4.69, 9.17) is 10.5 Å². The zero-order valence-corrected chi connectivity index (χ0v) is 10.7. The quantitative estimate of drug-likeness (QED) is 0.841. The van der Waals surface area contributed by atoms with Crippen molar-refractivity contribution in [2.45, 2.75) is 19.4 Å². The molecule has 0 fully saturated rings. The Bertz CT molecular complexity index is 493. The minimum atomic E-state index is 0.653. The molecular formula is C14H19N3O. The van der Waals surface area contributed by atoms with Gasteiger partial charge < -0.3 is 15.0 Å². The number of aromatic nitrogens is 2. The van der Waals surface area contributed by atoms with Gasteiger partial charge in [-0.3, -0.25) is 0 Å². The molecule has 0 saturated heterocycles. The van der Waals surface area contributed by atoms with Gasteiger partial charge in [-0.15, -0.1) is 0 Å². The van der Waals surface area contributed by atoms with Crippen molar-refractivity contribution in [2.75, 3.05) is 13.7 Å². The Hall–Kier alpha value is -1.81. The monoisotopic (exact) mass is 245 g/mol. The molecule has 4 heteroatoms. The van der Waals surface area contributed by atoms with E-state index in [0.29, 0.717) is 6.54 Å². The van der Waals surface area contributed by atoms with Gasteiger partial charge in [-0.25, -0.2) is 4.98 Å². The Morgan fingerprint density at radius 1 is 1.28 bits per heavy atom. The largest absolute Gasteiger partial charge is 0.496 e. The van der Waals surface area contributed by atoms with Crippen molar-refractivity contribution in [3.05, 3.63) is 48.0 Å². The third-order valence-corrected chi connectivity index (χ3v) is 3.01. The molecule has 0 unspecified atom stereocenters. The highest BCUT2D eigenvalue weighted by Gasteiger charge is 2.04. The number of para-hydroxylation sites is 1. The second kappa shape index (κ2) is 6.21. The van der Waals surface area contributed by atoms with Gasteiger partial charge in [0.15, 0.2) is 0 Å². The molecule has 0 radical (unpaired) electrons. The summed E-state index contributed by atoms with van der Waals surface area (Å²) in [5.41, 5.74) is 7.98. The standard InChI is InChI=1S/C14H19N3O/c1-18-14-5-3-2-4-12(14)7-9-17-11-16-10-13(17)6-8-15/h2-5,10-11H,6-9,15H2,1H3. The predicted molar refractivity (Wildman–Crippen MR) is 71.7 cm³/mol. The van der Waals surface area contributed by atoms with Gasteiger partial charge in [-0.2, -0.15) is 0 Å². The fourth-order valence-electron chi connectivity index (χ4n) is 2.06. The van der Waals surface area contributed by atoms with Crippen LogP contribution in [-0.2, 0) is 19.4 Å². The smallest absolute Gasteiger partial charge is 0.122 e. The summed E-state index contributed by atoms with van der Waals surface area (Å²) < 4.78 is 7.50. The molecule has 2 rings (SSSR count). The summed E-state index contributed by atoms with van der Waals surface area (Å²) in [5.74, 6) is 0.943. The van der Waals surface area contributed by atoms with Crippen LogP contribution >= 0.6 is 0 Å². The molecule has 0 spiro atoms. The van der Waals surface area contributed by atoms with E-state index >= 15 is 0 Å². The third-order valence-electron chi connectivity index (χ3n) is 3.01. The van der Waals surface area contributed by atoms with Crippen LogP contribution in [0.2, 0.25) is 0 Å². The van der Waals surface area contributed by atoms with Crippen molar-refractivity contribution in [1.82, 2.24) is 9.55 Å². The lowest BCUT2D eigenvalue weighted by Gasteiger charge is -2.10. The molecular weight excluding hydrogens is 226 g/mol. The molecule has 2 N–H and O–H groups in total. The number of nitrogens with zero attached hydrogens (tertiary/aromatic N) is 2. The van der Waals surface area contributed by atoms with E-state index in [1.807, 2.05) is 30.7 Å². The Morgan fingerprint density at radius 2 is 2.11 bits per heavy atom. The van der Waals surface area contributed by atoms with Crippen molar-refractivity contribution in [2.24, 2.45) is 5.73 Å². The maximum Gasteiger partial charge on any atom is 0.122 e. The summed E-state index contributed by atoms with van der Waals surface area (Å²) in [6.45, 7) is 1.55. The number of aryl methyl sites for hydroxylation is 2. The lowest BCUT2D eigenvalue weighted by Crippen LogP contribution is -2.10. The molecule has 0 aliphatic heterocycles. The first-order chi connectivity index (χ1) is 8.85. The Balaban J connectivity index is 2.04. The third kappa shape index (κ3) is 2.90. The second-order valence-corrected chi connectivity index (χ2v) is 4.18. The van der Waals surface area contributed by atoms with Gasteiger partial charge in [-0.1, -0.05) is 18.2 Å². The number of ether oxygens (including phenoxy) is 1. The number of hydrogen-bond acceptors (Lipinski definition) is 3. The van der Waals surface area contributed by atoms with E-state index in [0.717, 1.165) is 25.1 Å². The van der Waals surface area contributed by atoms with Crippen molar-refractivity contribution in [3.8, 4) is 5.75 Å².